The Labute approximate surface area is 91.4 Å². The van der Waals surface area contributed by atoms with Crippen molar-refractivity contribution in [2.75, 3.05) is 5.88 Å². The summed E-state index contributed by atoms with van der Waals surface area (Å²) in [6.07, 6.45) is 6.98. The molecular formula is C11H20ClNO. The van der Waals surface area contributed by atoms with E-state index in [9.17, 15) is 4.79 Å². The van der Waals surface area contributed by atoms with Crippen LogP contribution in [0.25, 0.3) is 0 Å². The van der Waals surface area contributed by atoms with E-state index in [-0.39, 0.29) is 5.91 Å². The number of halogens is 1. The van der Waals surface area contributed by atoms with E-state index in [1.54, 1.807) is 0 Å². The standard InChI is InChI=1S/C11H20ClNO/c1-9(13-11(14)7-8-12)10-5-3-2-4-6-10/h9-10H,2-8H2,1H3,(H,13,14). The topological polar surface area (TPSA) is 29.1 Å². The molecule has 0 saturated heterocycles. The van der Waals surface area contributed by atoms with Crippen LogP contribution < -0.4 is 5.32 Å². The van der Waals surface area contributed by atoms with Gasteiger partial charge in [-0.15, -0.1) is 11.6 Å². The Bertz CT molecular complexity index is 178. The van der Waals surface area contributed by atoms with E-state index < -0.39 is 0 Å². The lowest BCUT2D eigenvalue weighted by atomic mass is 9.84. The fraction of sp³-hybridized carbons (Fsp3) is 0.909. The van der Waals surface area contributed by atoms with E-state index in [4.69, 9.17) is 11.6 Å². The summed E-state index contributed by atoms with van der Waals surface area (Å²) < 4.78 is 0. The lowest BCUT2D eigenvalue weighted by Gasteiger charge is -2.28. The highest BCUT2D eigenvalue weighted by Gasteiger charge is 2.20. The summed E-state index contributed by atoms with van der Waals surface area (Å²) in [5.74, 6) is 1.20. The number of hydrogen-bond acceptors (Lipinski definition) is 1. The summed E-state index contributed by atoms with van der Waals surface area (Å²) >= 11 is 5.50. The second-order valence-corrected chi connectivity index (χ2v) is 4.57. The van der Waals surface area contributed by atoms with Crippen LogP contribution in [0.5, 0.6) is 0 Å². The molecule has 2 nitrogen and oxygen atoms in total. The van der Waals surface area contributed by atoms with Crippen molar-refractivity contribution in [1.82, 2.24) is 5.32 Å². The molecule has 0 aromatic heterocycles. The third kappa shape index (κ3) is 3.87. The van der Waals surface area contributed by atoms with Crippen molar-refractivity contribution < 1.29 is 4.79 Å². The molecule has 0 radical (unpaired) electrons. The van der Waals surface area contributed by atoms with Crippen LogP contribution in [0, 0.1) is 5.92 Å². The first kappa shape index (κ1) is 11.8. The van der Waals surface area contributed by atoms with Gasteiger partial charge in [-0.3, -0.25) is 4.79 Å². The molecule has 1 unspecified atom stereocenters. The molecule has 1 N–H and O–H groups in total. The van der Waals surface area contributed by atoms with Gasteiger partial charge in [-0.05, 0) is 25.7 Å². The normalized spacial score (nSPS) is 20.4. The minimum atomic E-state index is 0.0954. The molecule has 82 valence electrons. The summed E-state index contributed by atoms with van der Waals surface area (Å²) in [6, 6.07) is 0.325. The molecule has 1 fully saturated rings. The van der Waals surface area contributed by atoms with Gasteiger partial charge in [0.25, 0.3) is 0 Å². The van der Waals surface area contributed by atoms with Crippen LogP contribution in [0.2, 0.25) is 0 Å². The summed E-state index contributed by atoms with van der Waals surface area (Å²) in [5, 5.41) is 3.03. The van der Waals surface area contributed by atoms with Crippen LogP contribution in [0.3, 0.4) is 0 Å². The molecule has 0 aromatic carbocycles. The molecule has 1 rings (SSSR count). The van der Waals surface area contributed by atoms with Crippen molar-refractivity contribution >= 4 is 17.5 Å². The van der Waals surface area contributed by atoms with Gasteiger partial charge in [-0.1, -0.05) is 19.3 Å². The first-order valence-electron chi connectivity index (χ1n) is 5.59. The van der Waals surface area contributed by atoms with E-state index in [0.717, 1.165) is 0 Å². The lowest BCUT2D eigenvalue weighted by molar-refractivity contribution is -0.121. The maximum absolute atomic E-state index is 11.3. The molecule has 1 aliphatic carbocycles. The van der Waals surface area contributed by atoms with Gasteiger partial charge in [0.2, 0.25) is 5.91 Å². The van der Waals surface area contributed by atoms with Crippen molar-refractivity contribution in [2.45, 2.75) is 51.5 Å². The van der Waals surface area contributed by atoms with Crippen molar-refractivity contribution in [1.29, 1.82) is 0 Å². The van der Waals surface area contributed by atoms with Crippen LogP contribution in [-0.2, 0) is 4.79 Å². The summed E-state index contributed by atoms with van der Waals surface area (Å²) in [6.45, 7) is 2.11. The zero-order valence-electron chi connectivity index (χ0n) is 8.89. The van der Waals surface area contributed by atoms with E-state index in [0.29, 0.717) is 24.3 Å². The first-order valence-corrected chi connectivity index (χ1v) is 6.13. The van der Waals surface area contributed by atoms with Crippen LogP contribution in [-0.4, -0.2) is 17.8 Å². The first-order chi connectivity index (χ1) is 6.74. The molecule has 1 saturated carbocycles. The van der Waals surface area contributed by atoms with Crippen LogP contribution >= 0.6 is 11.6 Å². The fourth-order valence-corrected chi connectivity index (χ4v) is 2.34. The quantitative estimate of drug-likeness (QED) is 0.721. The SMILES string of the molecule is CC(NC(=O)CCCl)C1CCCCC1. The van der Waals surface area contributed by atoms with Gasteiger partial charge in [0.15, 0.2) is 0 Å². The van der Waals surface area contributed by atoms with Gasteiger partial charge in [0, 0.05) is 18.3 Å². The highest BCUT2D eigenvalue weighted by atomic mass is 35.5. The Morgan fingerprint density at radius 1 is 1.43 bits per heavy atom. The molecule has 0 aliphatic heterocycles. The van der Waals surface area contributed by atoms with Gasteiger partial charge in [-0.2, -0.15) is 0 Å². The van der Waals surface area contributed by atoms with E-state index in [2.05, 4.69) is 12.2 Å². The number of nitrogens with one attached hydrogen (secondary N) is 1. The molecule has 1 aliphatic rings. The Kier molecular flexibility index (Phi) is 5.31. The number of carbonyl (C=O) groups is 1. The van der Waals surface area contributed by atoms with Gasteiger partial charge < -0.3 is 5.32 Å². The van der Waals surface area contributed by atoms with E-state index in [1.165, 1.54) is 32.1 Å². The average Bonchev–Trinajstić information content (AvgIpc) is 2.19. The molecule has 0 bridgehead atoms. The average molecular weight is 218 g/mol. The van der Waals surface area contributed by atoms with Gasteiger partial charge >= 0.3 is 0 Å². The maximum atomic E-state index is 11.3. The molecule has 1 amide bonds. The number of amides is 1. The third-order valence-corrected chi connectivity index (χ3v) is 3.26. The highest BCUT2D eigenvalue weighted by Crippen LogP contribution is 2.26. The second kappa shape index (κ2) is 6.28. The molecule has 3 heteroatoms. The zero-order chi connectivity index (χ0) is 10.4. The number of carbonyl (C=O) groups excluding carboxylic acids is 1. The van der Waals surface area contributed by atoms with Gasteiger partial charge in [0.05, 0.1) is 0 Å². The number of rotatable bonds is 4. The Balaban J connectivity index is 2.25. The Hall–Kier alpha value is -0.240. The largest absolute Gasteiger partial charge is 0.353 e. The summed E-state index contributed by atoms with van der Waals surface area (Å²) in [5.41, 5.74) is 0. The molecule has 0 aromatic rings. The van der Waals surface area contributed by atoms with Crippen molar-refractivity contribution in [3.05, 3.63) is 0 Å². The predicted octanol–water partition coefficient (Wildman–Crippen LogP) is 2.70. The van der Waals surface area contributed by atoms with E-state index >= 15 is 0 Å². The summed E-state index contributed by atoms with van der Waals surface area (Å²) in [7, 11) is 0. The molecule has 0 heterocycles. The van der Waals surface area contributed by atoms with Crippen LogP contribution in [0.15, 0.2) is 0 Å². The molecule has 1 atom stereocenters. The minimum absolute atomic E-state index is 0.0954. The van der Waals surface area contributed by atoms with Crippen molar-refractivity contribution in [3.8, 4) is 0 Å². The monoisotopic (exact) mass is 217 g/mol. The molecule has 0 spiro atoms. The van der Waals surface area contributed by atoms with Crippen molar-refractivity contribution in [2.24, 2.45) is 5.92 Å². The minimum Gasteiger partial charge on any atom is -0.353 e. The van der Waals surface area contributed by atoms with E-state index in [1.807, 2.05) is 0 Å². The highest BCUT2D eigenvalue weighted by molar-refractivity contribution is 6.18. The van der Waals surface area contributed by atoms with Gasteiger partial charge in [-0.25, -0.2) is 0 Å². The maximum Gasteiger partial charge on any atom is 0.221 e. The third-order valence-electron chi connectivity index (χ3n) is 3.07. The fourth-order valence-electron chi connectivity index (χ4n) is 2.16. The molecule has 14 heavy (non-hydrogen) atoms. The molecular weight excluding hydrogens is 198 g/mol. The zero-order valence-corrected chi connectivity index (χ0v) is 9.65. The van der Waals surface area contributed by atoms with Crippen LogP contribution in [0.1, 0.15) is 45.4 Å². The summed E-state index contributed by atoms with van der Waals surface area (Å²) in [4.78, 5) is 11.3. The number of alkyl halides is 1. The second-order valence-electron chi connectivity index (χ2n) is 4.19. The lowest BCUT2D eigenvalue weighted by Crippen LogP contribution is -2.38. The smallest absolute Gasteiger partial charge is 0.221 e. The number of hydrogen-bond donors (Lipinski definition) is 1. The predicted molar refractivity (Wildman–Crippen MR) is 59.5 cm³/mol. The van der Waals surface area contributed by atoms with Crippen molar-refractivity contribution in [3.63, 3.8) is 0 Å². The Morgan fingerprint density at radius 3 is 2.64 bits per heavy atom. The van der Waals surface area contributed by atoms with Crippen LogP contribution in [0.4, 0.5) is 0 Å². The Morgan fingerprint density at radius 2 is 2.07 bits per heavy atom. The van der Waals surface area contributed by atoms with Gasteiger partial charge in [0.1, 0.15) is 0 Å².